The number of hydrogen-bond donors (Lipinski definition) is 0. The van der Waals surface area contributed by atoms with Crippen LogP contribution in [0, 0.1) is 27.7 Å². The number of hydrogen-bond acceptors (Lipinski definition) is 0. The minimum absolute atomic E-state index is 0. The quantitative estimate of drug-likeness (QED) is 0.447. The molecule has 1 radical (unpaired) electrons. The average Bonchev–Trinajstić information content (AvgIpc) is 1.98. The first-order valence-electron chi connectivity index (χ1n) is 3.25. The minimum Gasteiger partial charge on any atom is -1.00 e. The van der Waals surface area contributed by atoms with Crippen LogP contribution in [0.15, 0.2) is 0 Å². The molecule has 0 saturated heterocycles. The largest absolute Gasteiger partial charge is 1.00 e. The number of halogens is 3. The third-order valence-electron chi connectivity index (χ3n) is 2.06. The van der Waals surface area contributed by atoms with E-state index in [2.05, 4.69) is 27.7 Å². The van der Waals surface area contributed by atoms with E-state index in [4.69, 9.17) is 0 Å². The molecular formula is C8H13Cl3PV-3. The summed E-state index contributed by atoms with van der Waals surface area (Å²) in [6.45, 7) is 8.89. The third kappa shape index (κ3) is 5.62. The zero-order chi connectivity index (χ0) is 7.02. The SMILES string of the molecule is Cc1[pH]c(C)c(C)c1C.[Cl-].[Cl-].[Cl-].[V]. The molecular weight excluding hydrogens is 284 g/mol. The van der Waals surface area contributed by atoms with Gasteiger partial charge in [-0.1, -0.05) is 0 Å². The summed E-state index contributed by atoms with van der Waals surface area (Å²) in [5, 5.41) is 3.15. The van der Waals surface area contributed by atoms with Crippen molar-refractivity contribution in [2.75, 3.05) is 0 Å². The van der Waals surface area contributed by atoms with Gasteiger partial charge in [0.05, 0.1) is 0 Å². The maximum atomic E-state index is 2.23. The van der Waals surface area contributed by atoms with Gasteiger partial charge in [0.15, 0.2) is 0 Å². The summed E-state index contributed by atoms with van der Waals surface area (Å²) in [4.78, 5) is 0. The summed E-state index contributed by atoms with van der Waals surface area (Å²) in [5.41, 5.74) is 3.04. The number of rotatable bonds is 0. The van der Waals surface area contributed by atoms with E-state index in [0.717, 1.165) is 8.19 Å². The molecule has 0 unspecified atom stereocenters. The van der Waals surface area contributed by atoms with Crippen molar-refractivity contribution in [1.29, 1.82) is 0 Å². The van der Waals surface area contributed by atoms with E-state index in [1.54, 1.807) is 10.6 Å². The summed E-state index contributed by atoms with van der Waals surface area (Å²) in [6, 6.07) is 0. The van der Waals surface area contributed by atoms with Crippen molar-refractivity contribution < 1.29 is 55.8 Å². The Hall–Kier alpha value is 1.23. The molecule has 0 fully saturated rings. The van der Waals surface area contributed by atoms with Gasteiger partial charge in [0.25, 0.3) is 0 Å². The molecule has 0 aliphatic rings. The molecule has 0 nitrogen and oxygen atoms in total. The summed E-state index contributed by atoms with van der Waals surface area (Å²) >= 11 is 0. The summed E-state index contributed by atoms with van der Waals surface area (Å²) in [7, 11) is 0.976. The first-order valence-corrected chi connectivity index (χ1v) is 4.25. The van der Waals surface area contributed by atoms with E-state index < -0.39 is 0 Å². The fourth-order valence-corrected chi connectivity index (χ4v) is 2.34. The average molecular weight is 297 g/mol. The van der Waals surface area contributed by atoms with Crippen molar-refractivity contribution in [3.05, 3.63) is 21.7 Å². The Morgan fingerprint density at radius 3 is 1.00 bits per heavy atom. The molecule has 0 aliphatic carbocycles. The van der Waals surface area contributed by atoms with Crippen molar-refractivity contribution in [2.24, 2.45) is 0 Å². The smallest absolute Gasteiger partial charge is 0 e. The molecule has 1 heterocycles. The second kappa shape index (κ2) is 9.78. The molecule has 0 N–H and O–H groups in total. The van der Waals surface area contributed by atoms with Gasteiger partial charge < -0.3 is 37.2 Å². The van der Waals surface area contributed by atoms with Gasteiger partial charge in [0.1, 0.15) is 0 Å². The van der Waals surface area contributed by atoms with Crippen LogP contribution in [0.1, 0.15) is 21.7 Å². The van der Waals surface area contributed by atoms with Gasteiger partial charge in [-0.15, -0.1) is 8.19 Å². The van der Waals surface area contributed by atoms with Gasteiger partial charge >= 0.3 is 0 Å². The van der Waals surface area contributed by atoms with E-state index >= 15 is 0 Å². The molecule has 0 aliphatic heterocycles. The first-order chi connectivity index (χ1) is 4.13. The molecule has 79 valence electrons. The summed E-state index contributed by atoms with van der Waals surface area (Å²) < 4.78 is 0. The van der Waals surface area contributed by atoms with Gasteiger partial charge in [-0.05, 0) is 49.4 Å². The molecule has 0 atom stereocenters. The first kappa shape index (κ1) is 23.8. The van der Waals surface area contributed by atoms with Crippen LogP contribution in [0.4, 0.5) is 0 Å². The predicted molar refractivity (Wildman–Crippen MR) is 44.9 cm³/mol. The maximum absolute atomic E-state index is 2.23. The third-order valence-corrected chi connectivity index (χ3v) is 3.56. The maximum Gasteiger partial charge on any atom is 0 e. The van der Waals surface area contributed by atoms with E-state index in [-0.39, 0.29) is 55.8 Å². The summed E-state index contributed by atoms with van der Waals surface area (Å²) in [6.07, 6.45) is 0. The predicted octanol–water partition coefficient (Wildman–Crippen LogP) is -6.04. The second-order valence-electron chi connectivity index (χ2n) is 2.62. The zero-order valence-corrected chi connectivity index (χ0v) is 12.7. The van der Waals surface area contributed by atoms with Crippen molar-refractivity contribution in [2.45, 2.75) is 27.7 Å². The standard InChI is InChI=1S/C8H13P.3ClH.V/c1-5-6(2)8(4)9-7(5)3;;;;/h9H,1-4H3;3*1H;/p-3. The Morgan fingerprint density at radius 1 is 0.692 bits per heavy atom. The molecule has 0 saturated carbocycles. The molecule has 0 aromatic carbocycles. The van der Waals surface area contributed by atoms with Gasteiger partial charge in [-0.25, -0.2) is 0 Å². The molecule has 1 rings (SSSR count). The van der Waals surface area contributed by atoms with Crippen LogP contribution in [0.2, 0.25) is 0 Å². The monoisotopic (exact) mass is 296 g/mol. The zero-order valence-electron chi connectivity index (χ0n) is 8.08. The van der Waals surface area contributed by atoms with Crippen molar-refractivity contribution in [3.8, 4) is 0 Å². The Labute approximate surface area is 113 Å². The normalized spacial score (nSPS) is 7.08. The van der Waals surface area contributed by atoms with Crippen LogP contribution < -0.4 is 37.2 Å². The van der Waals surface area contributed by atoms with Gasteiger partial charge in [-0.3, -0.25) is 0 Å². The van der Waals surface area contributed by atoms with E-state index in [9.17, 15) is 0 Å². The van der Waals surface area contributed by atoms with Gasteiger partial charge in [0.2, 0.25) is 0 Å². The van der Waals surface area contributed by atoms with Crippen molar-refractivity contribution in [3.63, 3.8) is 0 Å². The summed E-state index contributed by atoms with van der Waals surface area (Å²) in [5.74, 6) is 0. The molecule has 1 aromatic rings. The minimum atomic E-state index is 0. The van der Waals surface area contributed by atoms with Gasteiger partial charge in [-0.2, -0.15) is 0 Å². The fraction of sp³-hybridized carbons (Fsp3) is 0.500. The Kier molecular flexibility index (Phi) is 17.9. The Bertz CT molecular complexity index is 213. The van der Waals surface area contributed by atoms with Crippen LogP contribution in [0.25, 0.3) is 0 Å². The molecule has 1 aromatic heterocycles. The molecule has 0 amide bonds. The van der Waals surface area contributed by atoms with Crippen LogP contribution in [-0.2, 0) is 18.6 Å². The molecule has 13 heavy (non-hydrogen) atoms. The van der Waals surface area contributed by atoms with E-state index in [1.807, 2.05) is 0 Å². The van der Waals surface area contributed by atoms with Crippen molar-refractivity contribution >= 4 is 8.19 Å². The van der Waals surface area contributed by atoms with Gasteiger partial charge in [0, 0.05) is 18.6 Å². The Balaban J connectivity index is -0.000000101. The van der Waals surface area contributed by atoms with Crippen molar-refractivity contribution in [1.82, 2.24) is 0 Å². The van der Waals surface area contributed by atoms with E-state index in [0.29, 0.717) is 0 Å². The fourth-order valence-electron chi connectivity index (χ4n) is 1.03. The Morgan fingerprint density at radius 2 is 0.923 bits per heavy atom. The molecule has 5 heteroatoms. The van der Waals surface area contributed by atoms with E-state index in [1.165, 1.54) is 11.1 Å². The topological polar surface area (TPSA) is 0 Å². The van der Waals surface area contributed by atoms with Crippen LogP contribution in [0.5, 0.6) is 0 Å². The van der Waals surface area contributed by atoms with Crippen LogP contribution in [0.3, 0.4) is 0 Å². The van der Waals surface area contributed by atoms with Crippen LogP contribution in [-0.4, -0.2) is 0 Å². The molecule has 0 spiro atoms. The van der Waals surface area contributed by atoms with Crippen LogP contribution >= 0.6 is 8.19 Å². The molecule has 0 bridgehead atoms. The number of aryl methyl sites for hydroxylation is 2. The second-order valence-corrected chi connectivity index (χ2v) is 4.38.